The van der Waals surface area contributed by atoms with Gasteiger partial charge < -0.3 is 4.74 Å². The molecule has 0 saturated carbocycles. The van der Waals surface area contributed by atoms with E-state index in [1.54, 1.807) is 37.5 Å². The van der Waals surface area contributed by atoms with Crippen LogP contribution >= 0.6 is 11.6 Å². The minimum absolute atomic E-state index is 0.0672. The summed E-state index contributed by atoms with van der Waals surface area (Å²) in [5, 5.41) is 9.19. The molecule has 7 nitrogen and oxygen atoms in total. The molecule has 11 heteroatoms. The third-order valence-corrected chi connectivity index (χ3v) is 5.04. The lowest BCUT2D eigenvalue weighted by Crippen LogP contribution is -2.23. The quantitative estimate of drug-likeness (QED) is 0.415. The molecule has 0 aliphatic carbocycles. The number of methoxy groups -OCH3 is 1. The molecular weight excluding hydrogens is 459 g/mol. The second-order valence-electron chi connectivity index (χ2n) is 7.06. The monoisotopic (exact) mass is 475 g/mol. The van der Waals surface area contributed by atoms with Crippen LogP contribution < -0.4 is 5.69 Å². The number of aromatic nitrogens is 5. The summed E-state index contributed by atoms with van der Waals surface area (Å²) in [6, 6.07) is 9.17. The lowest BCUT2D eigenvalue weighted by molar-refractivity contribution is -0.141. The summed E-state index contributed by atoms with van der Waals surface area (Å²) in [4.78, 5) is 16.3. The first kappa shape index (κ1) is 22.7. The number of fused-ring (bicyclic) bond motifs is 1. The number of halogens is 4. The van der Waals surface area contributed by atoms with E-state index in [-0.39, 0.29) is 6.54 Å². The fourth-order valence-corrected chi connectivity index (χ4v) is 3.37. The minimum Gasteiger partial charge on any atom is -0.381 e. The van der Waals surface area contributed by atoms with Crippen LogP contribution in [0.3, 0.4) is 0 Å². The number of hydrogen-bond donors (Lipinski definition) is 0. The average Bonchev–Trinajstić information content (AvgIpc) is 3.09. The third kappa shape index (κ3) is 4.81. The SMILES string of the molecule is COCC=Cc1cnn2c(=O)n(Cc3ccc(C(F)(F)F)nc3)nc2c1-c1ccc(Cl)cc1. The molecule has 33 heavy (non-hydrogen) atoms. The molecular formula is C22H17ClF3N5O2. The van der Waals surface area contributed by atoms with E-state index >= 15 is 0 Å². The van der Waals surface area contributed by atoms with Crippen LogP contribution in [0.15, 0.2) is 59.7 Å². The number of nitrogens with zero attached hydrogens (tertiary/aromatic N) is 5. The van der Waals surface area contributed by atoms with Crippen molar-refractivity contribution in [3.8, 4) is 11.1 Å². The Bertz CT molecular complexity index is 1360. The second-order valence-corrected chi connectivity index (χ2v) is 7.50. The van der Waals surface area contributed by atoms with Gasteiger partial charge in [-0.2, -0.15) is 22.8 Å². The normalized spacial score (nSPS) is 12.2. The molecule has 0 N–H and O–H groups in total. The van der Waals surface area contributed by atoms with Crippen molar-refractivity contribution in [1.29, 1.82) is 0 Å². The van der Waals surface area contributed by atoms with Gasteiger partial charge in [0.25, 0.3) is 0 Å². The van der Waals surface area contributed by atoms with Gasteiger partial charge in [-0.3, -0.25) is 4.98 Å². The first-order valence-electron chi connectivity index (χ1n) is 9.70. The molecule has 0 bridgehead atoms. The molecule has 0 unspecified atom stereocenters. The molecule has 0 atom stereocenters. The summed E-state index contributed by atoms with van der Waals surface area (Å²) in [6.07, 6.45) is 1.68. The molecule has 0 aliphatic rings. The highest BCUT2D eigenvalue weighted by Gasteiger charge is 2.32. The van der Waals surface area contributed by atoms with Crippen molar-refractivity contribution >= 4 is 23.3 Å². The summed E-state index contributed by atoms with van der Waals surface area (Å²) >= 11 is 6.02. The highest BCUT2D eigenvalue weighted by molar-refractivity contribution is 6.30. The lowest BCUT2D eigenvalue weighted by atomic mass is 10.0. The molecule has 0 aliphatic heterocycles. The van der Waals surface area contributed by atoms with Gasteiger partial charge in [0.05, 0.1) is 19.3 Å². The van der Waals surface area contributed by atoms with Gasteiger partial charge in [-0.15, -0.1) is 5.10 Å². The van der Waals surface area contributed by atoms with Crippen LogP contribution in [-0.2, 0) is 17.5 Å². The van der Waals surface area contributed by atoms with Gasteiger partial charge in [-0.25, -0.2) is 9.48 Å². The molecule has 170 valence electrons. The van der Waals surface area contributed by atoms with Gasteiger partial charge in [-0.05, 0) is 29.3 Å². The van der Waals surface area contributed by atoms with Gasteiger partial charge in [0, 0.05) is 29.5 Å². The summed E-state index contributed by atoms with van der Waals surface area (Å²) in [5.74, 6) is 0. The molecule has 0 spiro atoms. The summed E-state index contributed by atoms with van der Waals surface area (Å²) in [7, 11) is 1.57. The maximum atomic E-state index is 12.9. The van der Waals surface area contributed by atoms with Crippen molar-refractivity contribution in [2.75, 3.05) is 13.7 Å². The van der Waals surface area contributed by atoms with E-state index in [0.717, 1.165) is 27.0 Å². The zero-order valence-corrected chi connectivity index (χ0v) is 18.0. The predicted molar refractivity (Wildman–Crippen MR) is 117 cm³/mol. The summed E-state index contributed by atoms with van der Waals surface area (Å²) < 4.78 is 45.6. The Hall–Kier alpha value is -3.50. The maximum Gasteiger partial charge on any atom is 0.433 e. The predicted octanol–water partition coefficient (Wildman–Crippen LogP) is 4.33. The van der Waals surface area contributed by atoms with E-state index in [0.29, 0.717) is 34.0 Å². The Balaban J connectivity index is 1.80. The Labute approximate surface area is 190 Å². The molecule has 0 radical (unpaired) electrons. The van der Waals surface area contributed by atoms with Crippen molar-refractivity contribution in [3.63, 3.8) is 0 Å². The molecule has 1 aromatic carbocycles. The third-order valence-electron chi connectivity index (χ3n) is 4.78. The van der Waals surface area contributed by atoms with Crippen LogP contribution in [0.1, 0.15) is 16.8 Å². The standard InChI is InChI=1S/C22H17ClF3N5O2/c1-33-10-2-3-16-12-28-31-20(19(16)15-5-7-17(23)8-6-15)29-30(21(31)32)13-14-4-9-18(27-11-14)22(24,25)26/h2-9,11-12H,10,13H2,1H3. The van der Waals surface area contributed by atoms with Crippen LogP contribution in [0, 0.1) is 0 Å². The Morgan fingerprint density at radius 2 is 1.88 bits per heavy atom. The highest BCUT2D eigenvalue weighted by Crippen LogP contribution is 2.29. The van der Waals surface area contributed by atoms with Crippen LogP contribution in [0.25, 0.3) is 22.9 Å². The number of benzene rings is 1. The number of hydrogen-bond acceptors (Lipinski definition) is 5. The molecule has 4 aromatic rings. The van der Waals surface area contributed by atoms with Crippen LogP contribution in [0.2, 0.25) is 5.02 Å². The van der Waals surface area contributed by atoms with Crippen molar-refractivity contribution in [2.45, 2.75) is 12.7 Å². The van der Waals surface area contributed by atoms with Gasteiger partial charge in [0.1, 0.15) is 5.69 Å². The van der Waals surface area contributed by atoms with E-state index in [9.17, 15) is 18.0 Å². The van der Waals surface area contributed by atoms with Crippen molar-refractivity contribution in [3.05, 3.63) is 87.2 Å². The summed E-state index contributed by atoms with van der Waals surface area (Å²) in [6.45, 7) is 0.315. The van der Waals surface area contributed by atoms with Gasteiger partial charge in [0.2, 0.25) is 0 Å². The Kier molecular flexibility index (Phi) is 6.30. The van der Waals surface area contributed by atoms with E-state index in [4.69, 9.17) is 16.3 Å². The lowest BCUT2D eigenvalue weighted by Gasteiger charge is -2.07. The Morgan fingerprint density at radius 3 is 2.52 bits per heavy atom. The van der Waals surface area contributed by atoms with Crippen molar-refractivity contribution in [1.82, 2.24) is 24.4 Å². The van der Waals surface area contributed by atoms with Gasteiger partial charge in [-0.1, -0.05) is 42.0 Å². The molecule has 4 rings (SSSR count). The van der Waals surface area contributed by atoms with Crippen LogP contribution in [0.5, 0.6) is 0 Å². The van der Waals surface area contributed by atoms with E-state index < -0.39 is 17.6 Å². The number of pyridine rings is 1. The maximum absolute atomic E-state index is 12.9. The fourth-order valence-electron chi connectivity index (χ4n) is 3.24. The van der Waals surface area contributed by atoms with E-state index in [1.165, 1.54) is 12.3 Å². The number of ether oxygens (including phenoxy) is 1. The van der Waals surface area contributed by atoms with E-state index in [1.807, 2.05) is 6.08 Å². The molecule has 3 aromatic heterocycles. The molecule has 0 fully saturated rings. The highest BCUT2D eigenvalue weighted by atomic mass is 35.5. The van der Waals surface area contributed by atoms with Gasteiger partial charge in [0.15, 0.2) is 5.65 Å². The number of rotatable bonds is 6. The minimum atomic E-state index is -4.54. The topological polar surface area (TPSA) is 74.3 Å². The molecule has 0 saturated heterocycles. The van der Waals surface area contributed by atoms with Crippen LogP contribution in [0.4, 0.5) is 13.2 Å². The first-order valence-corrected chi connectivity index (χ1v) is 10.1. The van der Waals surface area contributed by atoms with E-state index in [2.05, 4.69) is 15.2 Å². The second kappa shape index (κ2) is 9.16. The average molecular weight is 476 g/mol. The smallest absolute Gasteiger partial charge is 0.381 e. The van der Waals surface area contributed by atoms with Crippen LogP contribution in [-0.4, -0.2) is 38.1 Å². The Morgan fingerprint density at radius 1 is 1.12 bits per heavy atom. The zero-order valence-electron chi connectivity index (χ0n) is 17.3. The van der Waals surface area contributed by atoms with Crippen molar-refractivity contribution < 1.29 is 17.9 Å². The fraction of sp³-hybridized carbons (Fsp3) is 0.182. The zero-order chi connectivity index (χ0) is 23.6. The molecule has 3 heterocycles. The van der Waals surface area contributed by atoms with Crippen molar-refractivity contribution in [2.24, 2.45) is 0 Å². The first-order chi connectivity index (χ1) is 15.8. The largest absolute Gasteiger partial charge is 0.433 e. The summed E-state index contributed by atoms with van der Waals surface area (Å²) in [5.41, 5.74) is 1.26. The number of alkyl halides is 3. The molecule has 0 amide bonds. The van der Waals surface area contributed by atoms with Gasteiger partial charge >= 0.3 is 11.9 Å².